The lowest BCUT2D eigenvalue weighted by Crippen LogP contribution is -2.21. The van der Waals surface area contributed by atoms with Gasteiger partial charge in [-0.25, -0.2) is 0 Å². The molecule has 0 atom stereocenters. The largest absolute Gasteiger partial charge is 0.483 e. The first kappa shape index (κ1) is 15.5. The topological polar surface area (TPSA) is 64.3 Å². The number of rotatable bonds is 4. The molecule has 2 rings (SSSR count). The number of carbonyl (C=O) groups excluding carboxylic acids is 1. The number of hydrogen-bond acceptors (Lipinski definition) is 3. The molecule has 2 aromatic carbocycles. The summed E-state index contributed by atoms with van der Waals surface area (Å²) in [5, 5.41) is 3.31. The Morgan fingerprint density at radius 1 is 1.29 bits per heavy atom. The lowest BCUT2D eigenvalue weighted by Gasteiger charge is -2.12. The van der Waals surface area contributed by atoms with Crippen molar-refractivity contribution in [2.45, 2.75) is 6.92 Å². The first-order chi connectivity index (χ1) is 9.97. The third kappa shape index (κ3) is 4.03. The number of nitrogen functional groups attached to an aromatic ring is 1. The standard InChI is InChI=1S/C15H14Cl2N2O2/c1-9-4-2-3-5-13(9)21-8-14(20)19-15-11(17)6-10(16)7-12(15)18/h2-7H,8,18H2,1H3,(H,19,20). The summed E-state index contributed by atoms with van der Waals surface area (Å²) in [6.07, 6.45) is 0. The molecule has 0 aliphatic carbocycles. The molecule has 3 N–H and O–H groups in total. The quantitative estimate of drug-likeness (QED) is 0.838. The van der Waals surface area contributed by atoms with E-state index < -0.39 is 0 Å². The maximum atomic E-state index is 11.9. The highest BCUT2D eigenvalue weighted by atomic mass is 35.5. The molecule has 4 nitrogen and oxygen atoms in total. The second-order valence-corrected chi connectivity index (χ2v) is 5.30. The zero-order chi connectivity index (χ0) is 15.4. The highest BCUT2D eigenvalue weighted by Crippen LogP contribution is 2.31. The van der Waals surface area contributed by atoms with Crippen LogP contribution in [0.15, 0.2) is 36.4 Å². The molecule has 0 unspecified atom stereocenters. The van der Waals surface area contributed by atoms with Crippen molar-refractivity contribution in [3.63, 3.8) is 0 Å². The Balaban J connectivity index is 2.01. The van der Waals surface area contributed by atoms with Gasteiger partial charge in [0.2, 0.25) is 0 Å². The van der Waals surface area contributed by atoms with E-state index >= 15 is 0 Å². The molecule has 0 bridgehead atoms. The molecule has 21 heavy (non-hydrogen) atoms. The molecule has 0 spiro atoms. The van der Waals surface area contributed by atoms with Crippen LogP contribution in [-0.2, 0) is 4.79 Å². The number of ether oxygens (including phenoxy) is 1. The molecule has 0 saturated carbocycles. The van der Waals surface area contributed by atoms with E-state index in [9.17, 15) is 4.79 Å². The summed E-state index contributed by atoms with van der Waals surface area (Å²) in [6, 6.07) is 10.5. The van der Waals surface area contributed by atoms with Gasteiger partial charge in [-0.1, -0.05) is 41.4 Å². The lowest BCUT2D eigenvalue weighted by molar-refractivity contribution is -0.118. The SMILES string of the molecule is Cc1ccccc1OCC(=O)Nc1c(N)cc(Cl)cc1Cl. The molecule has 0 radical (unpaired) electrons. The Morgan fingerprint density at radius 3 is 2.67 bits per heavy atom. The van der Waals surface area contributed by atoms with Gasteiger partial charge in [0.25, 0.3) is 5.91 Å². The zero-order valence-corrected chi connectivity index (χ0v) is 12.8. The Kier molecular flexibility index (Phi) is 4.94. The summed E-state index contributed by atoms with van der Waals surface area (Å²) in [4.78, 5) is 11.9. The van der Waals surface area contributed by atoms with Crippen LogP contribution in [0.2, 0.25) is 10.0 Å². The highest BCUT2D eigenvalue weighted by molar-refractivity contribution is 6.37. The van der Waals surface area contributed by atoms with Crippen LogP contribution < -0.4 is 15.8 Å². The number of halogens is 2. The van der Waals surface area contributed by atoms with Crippen LogP contribution in [0.1, 0.15) is 5.56 Å². The minimum atomic E-state index is -0.353. The molecule has 0 aliphatic rings. The Labute approximate surface area is 132 Å². The van der Waals surface area contributed by atoms with Gasteiger partial charge in [0.05, 0.1) is 16.4 Å². The van der Waals surface area contributed by atoms with Crippen LogP contribution >= 0.6 is 23.2 Å². The summed E-state index contributed by atoms with van der Waals surface area (Å²) >= 11 is 11.8. The summed E-state index contributed by atoms with van der Waals surface area (Å²) < 4.78 is 5.45. The van der Waals surface area contributed by atoms with Crippen LogP contribution in [0.5, 0.6) is 5.75 Å². The third-order valence-corrected chi connectivity index (χ3v) is 3.32. The Bertz CT molecular complexity index is 651. The molecule has 110 valence electrons. The van der Waals surface area contributed by atoms with E-state index in [1.165, 1.54) is 12.1 Å². The third-order valence-electron chi connectivity index (χ3n) is 2.80. The van der Waals surface area contributed by atoms with Crippen molar-refractivity contribution in [3.05, 3.63) is 52.0 Å². The number of benzene rings is 2. The monoisotopic (exact) mass is 324 g/mol. The molecule has 2 aromatic rings. The number of nitrogens with one attached hydrogen (secondary N) is 1. The Morgan fingerprint density at radius 2 is 2.00 bits per heavy atom. The average Bonchev–Trinajstić information content (AvgIpc) is 2.42. The van der Waals surface area contributed by atoms with Crippen molar-refractivity contribution in [2.75, 3.05) is 17.7 Å². The molecular weight excluding hydrogens is 311 g/mol. The number of aryl methyl sites for hydroxylation is 1. The predicted octanol–water partition coefficient (Wildman–Crippen LogP) is 3.90. The van der Waals surface area contributed by atoms with E-state index in [1.807, 2.05) is 25.1 Å². The van der Waals surface area contributed by atoms with E-state index in [1.54, 1.807) is 6.07 Å². The second-order valence-electron chi connectivity index (χ2n) is 4.45. The van der Waals surface area contributed by atoms with E-state index in [-0.39, 0.29) is 17.5 Å². The maximum Gasteiger partial charge on any atom is 0.262 e. The molecule has 0 aliphatic heterocycles. The molecule has 0 fully saturated rings. The van der Waals surface area contributed by atoms with Gasteiger partial charge in [0, 0.05) is 5.02 Å². The first-order valence-corrected chi connectivity index (χ1v) is 6.96. The van der Waals surface area contributed by atoms with Crippen molar-refractivity contribution in [1.29, 1.82) is 0 Å². The molecule has 0 heterocycles. The van der Waals surface area contributed by atoms with E-state index in [0.717, 1.165) is 5.56 Å². The summed E-state index contributed by atoms with van der Waals surface area (Å²) in [7, 11) is 0. The number of hydrogen-bond donors (Lipinski definition) is 2. The van der Waals surface area contributed by atoms with Crippen molar-refractivity contribution >= 4 is 40.5 Å². The number of carbonyl (C=O) groups is 1. The second kappa shape index (κ2) is 6.70. The highest BCUT2D eigenvalue weighted by Gasteiger charge is 2.11. The average molecular weight is 325 g/mol. The van der Waals surface area contributed by atoms with Gasteiger partial charge in [-0.2, -0.15) is 0 Å². The fourth-order valence-corrected chi connectivity index (χ4v) is 2.32. The van der Waals surface area contributed by atoms with Crippen molar-refractivity contribution in [1.82, 2.24) is 0 Å². The van der Waals surface area contributed by atoms with Gasteiger partial charge in [0.15, 0.2) is 6.61 Å². The van der Waals surface area contributed by atoms with Crippen molar-refractivity contribution in [3.8, 4) is 5.75 Å². The van der Waals surface area contributed by atoms with Crippen LogP contribution in [0, 0.1) is 6.92 Å². The molecule has 6 heteroatoms. The van der Waals surface area contributed by atoms with Gasteiger partial charge in [-0.15, -0.1) is 0 Å². The van der Waals surface area contributed by atoms with Crippen LogP contribution in [0.4, 0.5) is 11.4 Å². The molecular formula is C15H14Cl2N2O2. The zero-order valence-electron chi connectivity index (χ0n) is 11.3. The Hall–Kier alpha value is -1.91. The van der Waals surface area contributed by atoms with Gasteiger partial charge in [-0.05, 0) is 30.7 Å². The molecule has 0 saturated heterocycles. The van der Waals surface area contributed by atoms with Crippen LogP contribution in [-0.4, -0.2) is 12.5 Å². The summed E-state index contributed by atoms with van der Waals surface area (Å²) in [6.45, 7) is 1.77. The van der Waals surface area contributed by atoms with Gasteiger partial charge < -0.3 is 15.8 Å². The van der Waals surface area contributed by atoms with E-state index in [2.05, 4.69) is 5.32 Å². The number of nitrogens with two attached hydrogens (primary N) is 1. The maximum absolute atomic E-state index is 11.9. The van der Waals surface area contributed by atoms with Gasteiger partial charge in [0.1, 0.15) is 5.75 Å². The normalized spacial score (nSPS) is 10.2. The van der Waals surface area contributed by atoms with Crippen molar-refractivity contribution in [2.24, 2.45) is 0 Å². The van der Waals surface area contributed by atoms with Gasteiger partial charge in [-0.3, -0.25) is 4.79 Å². The van der Waals surface area contributed by atoms with Crippen molar-refractivity contribution < 1.29 is 9.53 Å². The van der Waals surface area contributed by atoms with Gasteiger partial charge >= 0.3 is 0 Å². The lowest BCUT2D eigenvalue weighted by atomic mass is 10.2. The summed E-state index contributed by atoms with van der Waals surface area (Å²) in [5.74, 6) is 0.303. The smallest absolute Gasteiger partial charge is 0.262 e. The number of amides is 1. The van der Waals surface area contributed by atoms with E-state index in [0.29, 0.717) is 22.1 Å². The minimum Gasteiger partial charge on any atom is -0.483 e. The molecule has 0 aromatic heterocycles. The van der Waals surface area contributed by atoms with Crippen LogP contribution in [0.25, 0.3) is 0 Å². The predicted molar refractivity (Wildman–Crippen MR) is 86.2 cm³/mol. The number of para-hydroxylation sites is 1. The fourth-order valence-electron chi connectivity index (χ4n) is 1.76. The fraction of sp³-hybridized carbons (Fsp3) is 0.133. The van der Waals surface area contributed by atoms with Crippen LogP contribution in [0.3, 0.4) is 0 Å². The number of anilines is 2. The van der Waals surface area contributed by atoms with E-state index in [4.69, 9.17) is 33.7 Å². The summed E-state index contributed by atoms with van der Waals surface area (Å²) in [5.41, 5.74) is 7.37. The molecule has 1 amide bonds. The first-order valence-electron chi connectivity index (χ1n) is 6.20. The minimum absolute atomic E-state index is 0.136.